The van der Waals surface area contributed by atoms with Crippen LogP contribution in [0.4, 0.5) is 18.9 Å². The largest absolute Gasteiger partial charge is 0.478 e. The number of aryl methyl sites for hydroxylation is 2. The molecular weight excluding hydrogens is 337 g/mol. The van der Waals surface area contributed by atoms with Crippen LogP contribution in [0.15, 0.2) is 30.5 Å². The zero-order chi connectivity index (χ0) is 18.8. The van der Waals surface area contributed by atoms with E-state index in [-0.39, 0.29) is 17.7 Å². The van der Waals surface area contributed by atoms with Crippen molar-refractivity contribution in [2.45, 2.75) is 33.0 Å². The van der Waals surface area contributed by atoms with E-state index in [0.717, 1.165) is 12.1 Å². The van der Waals surface area contributed by atoms with Crippen LogP contribution in [0.1, 0.15) is 34.1 Å². The molecule has 134 valence electrons. The van der Waals surface area contributed by atoms with Gasteiger partial charge in [-0.2, -0.15) is 13.2 Å². The Kier molecular flexibility index (Phi) is 5.20. The third-order valence-corrected chi connectivity index (χ3v) is 3.74. The number of hydrogen-bond donors (Lipinski definition) is 2. The van der Waals surface area contributed by atoms with Gasteiger partial charge in [0.25, 0.3) is 0 Å². The Hall–Kier alpha value is -2.77. The van der Waals surface area contributed by atoms with Crippen LogP contribution in [0.2, 0.25) is 0 Å². The third-order valence-electron chi connectivity index (χ3n) is 3.74. The number of carbonyl (C=O) groups excluding carboxylic acids is 1. The quantitative estimate of drug-likeness (QED) is 0.860. The lowest BCUT2D eigenvalue weighted by Crippen LogP contribution is -2.19. The Morgan fingerprint density at radius 1 is 1.28 bits per heavy atom. The van der Waals surface area contributed by atoms with Crippen LogP contribution in [-0.2, 0) is 23.9 Å². The fourth-order valence-corrected chi connectivity index (χ4v) is 2.64. The molecule has 8 heteroatoms. The fourth-order valence-electron chi connectivity index (χ4n) is 2.64. The Labute approximate surface area is 142 Å². The first kappa shape index (κ1) is 18.6. The Morgan fingerprint density at radius 3 is 2.52 bits per heavy atom. The Bertz CT molecular complexity index is 810. The van der Waals surface area contributed by atoms with Gasteiger partial charge in [-0.3, -0.25) is 4.79 Å². The zero-order valence-corrected chi connectivity index (χ0v) is 13.6. The molecule has 2 N–H and O–H groups in total. The minimum Gasteiger partial charge on any atom is -0.478 e. The first-order chi connectivity index (χ1) is 11.6. The number of carboxylic acid groups (broad SMARTS) is 1. The summed E-state index contributed by atoms with van der Waals surface area (Å²) >= 11 is 0. The topological polar surface area (TPSA) is 71.3 Å². The molecule has 1 aromatic carbocycles. The lowest BCUT2D eigenvalue weighted by Gasteiger charge is -2.11. The molecule has 2 rings (SSSR count). The molecular formula is C17H17F3N2O3. The molecule has 0 radical (unpaired) electrons. The van der Waals surface area contributed by atoms with Crippen molar-refractivity contribution in [3.63, 3.8) is 0 Å². The summed E-state index contributed by atoms with van der Waals surface area (Å²) in [6.07, 6.45) is -3.12. The number of amides is 1. The van der Waals surface area contributed by atoms with E-state index in [1.165, 1.54) is 12.1 Å². The highest BCUT2D eigenvalue weighted by Crippen LogP contribution is 2.30. The summed E-state index contributed by atoms with van der Waals surface area (Å²) in [5, 5.41) is 11.7. The molecule has 0 saturated carbocycles. The number of benzene rings is 1. The summed E-state index contributed by atoms with van der Waals surface area (Å²) in [5.74, 6) is -1.74. The van der Waals surface area contributed by atoms with Crippen molar-refractivity contribution < 1.29 is 27.9 Å². The highest BCUT2D eigenvalue weighted by Gasteiger charge is 2.30. The molecule has 25 heavy (non-hydrogen) atoms. The van der Waals surface area contributed by atoms with E-state index in [2.05, 4.69) is 5.32 Å². The fraction of sp³-hybridized carbons (Fsp3) is 0.294. The SMILES string of the molecule is CCn1cc(C)c(C(=O)O)c1CC(=O)Nc1cccc(C(F)(F)F)c1. The second-order valence-electron chi connectivity index (χ2n) is 5.53. The number of aromatic nitrogens is 1. The van der Waals surface area contributed by atoms with Gasteiger partial charge in [0.1, 0.15) is 0 Å². The Balaban J connectivity index is 2.23. The Morgan fingerprint density at radius 2 is 1.96 bits per heavy atom. The van der Waals surface area contributed by atoms with E-state index in [0.29, 0.717) is 17.8 Å². The van der Waals surface area contributed by atoms with E-state index in [9.17, 15) is 27.9 Å². The number of anilines is 1. The maximum atomic E-state index is 12.7. The van der Waals surface area contributed by atoms with Crippen molar-refractivity contribution in [1.29, 1.82) is 0 Å². The van der Waals surface area contributed by atoms with Crippen molar-refractivity contribution >= 4 is 17.6 Å². The number of carboxylic acids is 1. The standard InChI is InChI=1S/C17H17F3N2O3/c1-3-22-9-10(2)15(16(24)25)13(22)8-14(23)21-12-6-4-5-11(7-12)17(18,19)20/h4-7,9H,3,8H2,1-2H3,(H,21,23)(H,24,25). The molecule has 0 aliphatic heterocycles. The van der Waals surface area contributed by atoms with Gasteiger partial charge in [-0.05, 0) is 37.6 Å². The number of rotatable bonds is 5. The van der Waals surface area contributed by atoms with E-state index in [4.69, 9.17) is 0 Å². The van der Waals surface area contributed by atoms with Crippen LogP contribution in [0.5, 0.6) is 0 Å². The van der Waals surface area contributed by atoms with Gasteiger partial charge in [-0.25, -0.2) is 4.79 Å². The molecule has 1 amide bonds. The molecule has 0 fully saturated rings. The minimum atomic E-state index is -4.51. The first-order valence-corrected chi connectivity index (χ1v) is 7.52. The summed E-state index contributed by atoms with van der Waals surface area (Å²) < 4.78 is 39.8. The maximum Gasteiger partial charge on any atom is 0.416 e. The van der Waals surface area contributed by atoms with Gasteiger partial charge in [0.15, 0.2) is 0 Å². The highest BCUT2D eigenvalue weighted by atomic mass is 19.4. The van der Waals surface area contributed by atoms with Crippen molar-refractivity contribution in [2.75, 3.05) is 5.32 Å². The van der Waals surface area contributed by atoms with Gasteiger partial charge in [0.05, 0.1) is 17.5 Å². The van der Waals surface area contributed by atoms with Crippen molar-refractivity contribution in [3.05, 3.63) is 52.8 Å². The summed E-state index contributed by atoms with van der Waals surface area (Å²) in [4.78, 5) is 23.6. The molecule has 0 spiro atoms. The number of nitrogens with one attached hydrogen (secondary N) is 1. The first-order valence-electron chi connectivity index (χ1n) is 7.52. The zero-order valence-electron chi connectivity index (χ0n) is 13.6. The minimum absolute atomic E-state index is 0.00280. The van der Waals surface area contributed by atoms with E-state index < -0.39 is 23.6 Å². The van der Waals surface area contributed by atoms with Gasteiger partial charge in [0, 0.05) is 24.1 Å². The van der Waals surface area contributed by atoms with Crippen molar-refractivity contribution in [3.8, 4) is 0 Å². The molecule has 1 aromatic heterocycles. The van der Waals surface area contributed by atoms with Crippen LogP contribution >= 0.6 is 0 Å². The average molecular weight is 354 g/mol. The van der Waals surface area contributed by atoms with E-state index in [1.807, 2.05) is 0 Å². The number of halogens is 3. The van der Waals surface area contributed by atoms with Gasteiger partial charge >= 0.3 is 12.1 Å². The monoisotopic (exact) mass is 354 g/mol. The average Bonchev–Trinajstić information content (AvgIpc) is 2.82. The number of carbonyl (C=O) groups is 2. The van der Waals surface area contributed by atoms with E-state index >= 15 is 0 Å². The normalized spacial score (nSPS) is 11.4. The van der Waals surface area contributed by atoms with Gasteiger partial charge in [-0.1, -0.05) is 6.07 Å². The van der Waals surface area contributed by atoms with Crippen LogP contribution in [0, 0.1) is 6.92 Å². The maximum absolute atomic E-state index is 12.7. The number of nitrogens with zero attached hydrogens (tertiary/aromatic N) is 1. The van der Waals surface area contributed by atoms with Crippen LogP contribution in [0.3, 0.4) is 0 Å². The molecule has 0 saturated heterocycles. The summed E-state index contributed by atoms with van der Waals surface area (Å²) in [6.45, 7) is 3.91. The molecule has 0 aliphatic carbocycles. The second-order valence-corrected chi connectivity index (χ2v) is 5.53. The van der Waals surface area contributed by atoms with Gasteiger partial charge < -0.3 is 15.0 Å². The highest BCUT2D eigenvalue weighted by molar-refractivity contribution is 5.96. The van der Waals surface area contributed by atoms with Crippen molar-refractivity contribution in [1.82, 2.24) is 4.57 Å². The molecule has 0 aliphatic rings. The van der Waals surface area contributed by atoms with Crippen LogP contribution in [0.25, 0.3) is 0 Å². The molecule has 5 nitrogen and oxygen atoms in total. The van der Waals surface area contributed by atoms with Crippen molar-refractivity contribution in [2.24, 2.45) is 0 Å². The summed E-state index contributed by atoms with van der Waals surface area (Å²) in [7, 11) is 0. The predicted octanol–water partition coefficient (Wildman–Crippen LogP) is 3.71. The lowest BCUT2D eigenvalue weighted by molar-refractivity contribution is -0.137. The number of hydrogen-bond acceptors (Lipinski definition) is 2. The lowest BCUT2D eigenvalue weighted by atomic mass is 10.1. The second kappa shape index (κ2) is 7.00. The molecule has 0 bridgehead atoms. The summed E-state index contributed by atoms with van der Waals surface area (Å²) in [6, 6.07) is 4.28. The molecule has 2 aromatic rings. The van der Waals surface area contributed by atoms with Crippen LogP contribution < -0.4 is 5.32 Å². The van der Waals surface area contributed by atoms with Gasteiger partial charge in [0.2, 0.25) is 5.91 Å². The smallest absolute Gasteiger partial charge is 0.416 e. The number of aromatic carboxylic acids is 1. The van der Waals surface area contributed by atoms with E-state index in [1.54, 1.807) is 24.6 Å². The third kappa shape index (κ3) is 4.20. The molecule has 1 heterocycles. The molecule has 0 atom stereocenters. The summed E-state index contributed by atoms with van der Waals surface area (Å²) in [5.41, 5.74) is 0.0153. The predicted molar refractivity (Wildman–Crippen MR) is 85.6 cm³/mol. The van der Waals surface area contributed by atoms with Gasteiger partial charge in [-0.15, -0.1) is 0 Å². The van der Waals surface area contributed by atoms with Crippen LogP contribution in [-0.4, -0.2) is 21.6 Å². The number of alkyl halides is 3. The molecule has 0 unspecified atom stereocenters.